The molecule has 1 aliphatic rings. The summed E-state index contributed by atoms with van der Waals surface area (Å²) < 4.78 is 10.5. The molecule has 0 unspecified atom stereocenters. The third-order valence-corrected chi connectivity index (χ3v) is 3.53. The van der Waals surface area contributed by atoms with Gasteiger partial charge in [-0.05, 0) is 24.3 Å². The fourth-order valence-electron chi connectivity index (χ4n) is 2.17. The molecular formula is C14H15ClN4O3. The molecule has 1 aliphatic heterocycles. The number of hydrogen-bond acceptors (Lipinski definition) is 5. The Morgan fingerprint density at radius 1 is 1.41 bits per heavy atom. The van der Waals surface area contributed by atoms with Crippen molar-refractivity contribution in [2.24, 2.45) is 0 Å². The van der Waals surface area contributed by atoms with Crippen LogP contribution in [0, 0.1) is 6.92 Å². The van der Waals surface area contributed by atoms with Gasteiger partial charge in [-0.3, -0.25) is 0 Å². The van der Waals surface area contributed by atoms with E-state index in [1.807, 2.05) is 0 Å². The summed E-state index contributed by atoms with van der Waals surface area (Å²) in [5.41, 5.74) is 0.688. The first-order valence-corrected chi connectivity index (χ1v) is 7.23. The van der Waals surface area contributed by atoms with Gasteiger partial charge in [-0.25, -0.2) is 4.79 Å². The summed E-state index contributed by atoms with van der Waals surface area (Å²) in [4.78, 5) is 18.1. The highest BCUT2D eigenvalue weighted by atomic mass is 35.5. The predicted molar refractivity (Wildman–Crippen MR) is 79.8 cm³/mol. The van der Waals surface area contributed by atoms with Crippen molar-refractivity contribution in [3.8, 4) is 0 Å². The van der Waals surface area contributed by atoms with E-state index >= 15 is 0 Å². The van der Waals surface area contributed by atoms with Gasteiger partial charge in [-0.15, -0.1) is 0 Å². The Bertz CT molecular complexity index is 658. The number of nitrogens with zero attached hydrogens (tertiary/aromatic N) is 3. The van der Waals surface area contributed by atoms with Gasteiger partial charge in [0.1, 0.15) is 6.10 Å². The van der Waals surface area contributed by atoms with E-state index in [1.54, 1.807) is 36.1 Å². The summed E-state index contributed by atoms with van der Waals surface area (Å²) in [7, 11) is 0. The smallest absolute Gasteiger partial charge is 0.322 e. The summed E-state index contributed by atoms with van der Waals surface area (Å²) in [6.45, 7) is 3.02. The lowest BCUT2D eigenvalue weighted by Crippen LogP contribution is -2.44. The summed E-state index contributed by atoms with van der Waals surface area (Å²) >= 11 is 5.82. The third-order valence-electron chi connectivity index (χ3n) is 3.28. The zero-order chi connectivity index (χ0) is 15.5. The number of halogens is 1. The normalized spacial score (nSPS) is 18.3. The number of carbonyl (C=O) groups is 1. The Kier molecular flexibility index (Phi) is 4.26. The van der Waals surface area contributed by atoms with Crippen LogP contribution in [0.5, 0.6) is 0 Å². The van der Waals surface area contributed by atoms with Crippen LogP contribution in [0.4, 0.5) is 10.5 Å². The average Bonchev–Trinajstić information content (AvgIpc) is 2.96. The molecule has 8 heteroatoms. The van der Waals surface area contributed by atoms with E-state index in [9.17, 15) is 4.79 Å². The van der Waals surface area contributed by atoms with E-state index in [4.69, 9.17) is 20.9 Å². The molecule has 1 aromatic carbocycles. The Hall–Kier alpha value is -2.12. The van der Waals surface area contributed by atoms with Crippen LogP contribution in [-0.2, 0) is 4.74 Å². The number of nitrogens with one attached hydrogen (secondary N) is 1. The van der Waals surface area contributed by atoms with Gasteiger partial charge in [-0.2, -0.15) is 4.98 Å². The van der Waals surface area contributed by atoms with Crippen LogP contribution in [0.2, 0.25) is 5.02 Å². The van der Waals surface area contributed by atoms with Gasteiger partial charge >= 0.3 is 6.03 Å². The molecule has 0 saturated carbocycles. The Balaban J connectivity index is 1.63. The molecule has 0 radical (unpaired) electrons. The largest absolute Gasteiger partial charge is 0.366 e. The molecule has 1 fully saturated rings. The van der Waals surface area contributed by atoms with Gasteiger partial charge in [0, 0.05) is 24.2 Å². The maximum absolute atomic E-state index is 12.3. The number of aromatic nitrogens is 2. The maximum Gasteiger partial charge on any atom is 0.322 e. The number of carbonyl (C=O) groups excluding carboxylic acids is 1. The summed E-state index contributed by atoms with van der Waals surface area (Å²) in [6, 6.07) is 6.75. The molecule has 2 amide bonds. The highest BCUT2D eigenvalue weighted by molar-refractivity contribution is 6.30. The monoisotopic (exact) mass is 322 g/mol. The van der Waals surface area contributed by atoms with Crippen molar-refractivity contribution in [2.45, 2.75) is 13.0 Å². The van der Waals surface area contributed by atoms with E-state index < -0.39 is 0 Å². The zero-order valence-corrected chi connectivity index (χ0v) is 12.7. The third kappa shape index (κ3) is 3.37. The van der Waals surface area contributed by atoms with E-state index in [2.05, 4.69) is 15.5 Å². The lowest BCUT2D eigenvalue weighted by Gasteiger charge is -2.31. The molecule has 3 rings (SSSR count). The van der Waals surface area contributed by atoms with Gasteiger partial charge < -0.3 is 19.5 Å². The van der Waals surface area contributed by atoms with Crippen LogP contribution >= 0.6 is 11.6 Å². The van der Waals surface area contributed by atoms with E-state index in [-0.39, 0.29) is 12.1 Å². The van der Waals surface area contributed by atoms with Crippen LogP contribution < -0.4 is 5.32 Å². The second kappa shape index (κ2) is 6.33. The number of rotatable bonds is 2. The predicted octanol–water partition coefficient (Wildman–Crippen LogP) is 2.64. The molecule has 1 atom stereocenters. The molecule has 1 N–H and O–H groups in total. The molecule has 22 heavy (non-hydrogen) atoms. The number of ether oxygens (including phenoxy) is 1. The van der Waals surface area contributed by atoms with Crippen LogP contribution in [0.25, 0.3) is 0 Å². The number of aryl methyl sites for hydroxylation is 1. The number of morpholine rings is 1. The van der Waals surface area contributed by atoms with Gasteiger partial charge in [0.25, 0.3) is 0 Å². The molecule has 0 bridgehead atoms. The maximum atomic E-state index is 12.3. The standard InChI is InChI=1S/C14H15ClN4O3/c1-9-16-13(18-22-9)12-8-19(6-7-21-12)14(20)17-11-4-2-10(15)3-5-11/h2-5,12H,6-8H2,1H3,(H,17,20)/t12-/m0/s1. The first-order valence-electron chi connectivity index (χ1n) is 6.85. The number of urea groups is 1. The minimum absolute atomic E-state index is 0.198. The Labute approximate surface area is 132 Å². The number of anilines is 1. The summed E-state index contributed by atoms with van der Waals surface area (Å²) in [5.74, 6) is 0.933. The minimum atomic E-state index is -0.373. The van der Waals surface area contributed by atoms with Crippen molar-refractivity contribution < 1.29 is 14.1 Å². The lowest BCUT2D eigenvalue weighted by atomic mass is 10.2. The van der Waals surface area contributed by atoms with E-state index in [0.717, 1.165) is 0 Å². The van der Waals surface area contributed by atoms with Crippen LogP contribution in [-0.4, -0.2) is 40.8 Å². The highest BCUT2D eigenvalue weighted by Gasteiger charge is 2.28. The lowest BCUT2D eigenvalue weighted by molar-refractivity contribution is -0.0190. The second-order valence-corrected chi connectivity index (χ2v) is 5.35. The van der Waals surface area contributed by atoms with Crippen LogP contribution in [0.3, 0.4) is 0 Å². The number of hydrogen-bond donors (Lipinski definition) is 1. The molecule has 0 aliphatic carbocycles. The van der Waals surface area contributed by atoms with Crippen molar-refractivity contribution in [3.05, 3.63) is 41.0 Å². The van der Waals surface area contributed by atoms with Gasteiger partial charge in [0.15, 0.2) is 0 Å². The van der Waals surface area contributed by atoms with Gasteiger partial charge in [0.05, 0.1) is 13.2 Å². The van der Waals surface area contributed by atoms with Crippen LogP contribution in [0.15, 0.2) is 28.8 Å². The molecule has 1 aromatic heterocycles. The first kappa shape index (κ1) is 14.8. The zero-order valence-electron chi connectivity index (χ0n) is 12.0. The summed E-state index contributed by atoms with van der Waals surface area (Å²) in [6.07, 6.45) is -0.373. The Morgan fingerprint density at radius 2 is 2.18 bits per heavy atom. The van der Waals surface area contributed by atoms with Crippen molar-refractivity contribution in [3.63, 3.8) is 0 Å². The fraction of sp³-hybridized carbons (Fsp3) is 0.357. The minimum Gasteiger partial charge on any atom is -0.366 e. The molecule has 2 heterocycles. The summed E-state index contributed by atoms with van der Waals surface area (Å²) in [5, 5.41) is 7.29. The molecule has 2 aromatic rings. The first-order chi connectivity index (χ1) is 10.6. The van der Waals surface area contributed by atoms with Crippen molar-refractivity contribution in [2.75, 3.05) is 25.0 Å². The molecule has 1 saturated heterocycles. The number of benzene rings is 1. The van der Waals surface area contributed by atoms with Crippen LogP contribution in [0.1, 0.15) is 17.8 Å². The molecule has 0 spiro atoms. The Morgan fingerprint density at radius 3 is 2.86 bits per heavy atom. The molecule has 7 nitrogen and oxygen atoms in total. The second-order valence-electron chi connectivity index (χ2n) is 4.91. The SMILES string of the molecule is Cc1nc([C@@H]2CN(C(=O)Nc3ccc(Cl)cc3)CCO2)no1. The van der Waals surface area contributed by atoms with Crippen molar-refractivity contribution in [1.82, 2.24) is 15.0 Å². The quantitative estimate of drug-likeness (QED) is 0.919. The molecular weight excluding hydrogens is 308 g/mol. The van der Waals surface area contributed by atoms with E-state index in [0.29, 0.717) is 42.1 Å². The molecule has 116 valence electrons. The fourth-order valence-corrected chi connectivity index (χ4v) is 2.30. The van der Waals surface area contributed by atoms with Crippen molar-refractivity contribution in [1.29, 1.82) is 0 Å². The highest BCUT2D eigenvalue weighted by Crippen LogP contribution is 2.21. The van der Waals surface area contributed by atoms with Gasteiger partial charge in [0.2, 0.25) is 11.7 Å². The average molecular weight is 323 g/mol. The van der Waals surface area contributed by atoms with Gasteiger partial charge in [-0.1, -0.05) is 16.8 Å². The van der Waals surface area contributed by atoms with E-state index in [1.165, 1.54) is 0 Å². The topological polar surface area (TPSA) is 80.5 Å². The number of amides is 2. The van der Waals surface area contributed by atoms with Crippen molar-refractivity contribution >= 4 is 23.3 Å².